The van der Waals surface area contributed by atoms with Gasteiger partial charge in [0.25, 0.3) is 0 Å². The molecule has 0 saturated heterocycles. The van der Waals surface area contributed by atoms with Gasteiger partial charge in [-0.15, -0.1) is 12.4 Å². The zero-order chi connectivity index (χ0) is 3.58. The molecule has 0 amide bonds. The number of halogens is 2. The lowest BCUT2D eigenvalue weighted by Gasteiger charge is -1.85. The molecule has 0 rings (SSSR count). The fourth-order valence-corrected chi connectivity index (χ4v) is 0. The van der Waals surface area contributed by atoms with Crippen LogP contribution < -0.4 is 0 Å². The van der Waals surface area contributed by atoms with Gasteiger partial charge in [0.05, 0.1) is 0 Å². The van der Waals surface area contributed by atoms with Crippen LogP contribution in [0.5, 0.6) is 0 Å². The highest BCUT2D eigenvalue weighted by atomic mass is 35.5. The van der Waals surface area contributed by atoms with Crippen LogP contribution in [0.25, 0.3) is 0 Å². The van der Waals surface area contributed by atoms with Crippen molar-refractivity contribution in [2.24, 2.45) is 0 Å². The number of nitrogens with zero attached hydrogens (tertiary/aromatic N) is 1. The molecule has 0 aliphatic rings. The third-order valence-corrected chi connectivity index (χ3v) is 0. The van der Waals surface area contributed by atoms with Crippen molar-refractivity contribution >= 4 is 24.2 Å². The lowest BCUT2D eigenvalue weighted by Crippen LogP contribution is -1.89. The zero-order valence-electron chi connectivity index (χ0n) is 3.23. The number of hydrogen-bond acceptors (Lipinski definition) is 1. The first-order chi connectivity index (χ1) is 1.73. The average molecular weight is 116 g/mol. The molecule has 3 heteroatoms. The Morgan fingerprint density at radius 1 is 1.40 bits per heavy atom. The van der Waals surface area contributed by atoms with Crippen LogP contribution in [-0.2, 0) is 0 Å². The van der Waals surface area contributed by atoms with Crippen molar-refractivity contribution in [2.45, 2.75) is 0 Å². The Morgan fingerprint density at radius 3 is 1.40 bits per heavy atom. The van der Waals surface area contributed by atoms with Crippen molar-refractivity contribution in [3.63, 3.8) is 0 Å². The molecule has 0 aliphatic carbocycles. The fourth-order valence-electron chi connectivity index (χ4n) is 0. The molecule has 0 radical (unpaired) electrons. The van der Waals surface area contributed by atoms with Crippen LogP contribution in [-0.4, -0.2) is 18.5 Å². The maximum Gasteiger partial charge on any atom is 0.00209 e. The maximum absolute atomic E-state index is 5.11. The Labute approximate surface area is 43.4 Å². The third-order valence-electron chi connectivity index (χ3n) is 0. The first kappa shape index (κ1) is 9.11. The maximum atomic E-state index is 5.11. The Hall–Kier alpha value is 0.540. The van der Waals surface area contributed by atoms with Crippen molar-refractivity contribution in [3.8, 4) is 0 Å². The van der Waals surface area contributed by atoms with Gasteiger partial charge in [0.2, 0.25) is 0 Å². The van der Waals surface area contributed by atoms with Crippen LogP contribution in [0.3, 0.4) is 0 Å². The van der Waals surface area contributed by atoms with Gasteiger partial charge in [-0.25, -0.2) is 4.42 Å². The van der Waals surface area contributed by atoms with Gasteiger partial charge >= 0.3 is 0 Å². The fraction of sp³-hybridized carbons (Fsp3) is 1.00. The van der Waals surface area contributed by atoms with Crippen LogP contribution >= 0.6 is 24.2 Å². The summed E-state index contributed by atoms with van der Waals surface area (Å²) in [5.74, 6) is 0. The van der Waals surface area contributed by atoms with Crippen molar-refractivity contribution in [1.29, 1.82) is 0 Å². The molecule has 0 aliphatic heterocycles. The minimum Gasteiger partial charge on any atom is -0.226 e. The quantitative estimate of drug-likeness (QED) is 0.428. The minimum atomic E-state index is 0. The molecular formula is C2H7Cl2N. The van der Waals surface area contributed by atoms with Crippen LogP contribution in [0.15, 0.2) is 0 Å². The first-order valence-electron chi connectivity index (χ1n) is 1.06. The minimum absolute atomic E-state index is 0. The van der Waals surface area contributed by atoms with E-state index in [1.165, 1.54) is 4.42 Å². The molecule has 0 bridgehead atoms. The second-order valence-electron chi connectivity index (χ2n) is 0.785. The molecule has 5 heavy (non-hydrogen) atoms. The van der Waals surface area contributed by atoms with Crippen molar-refractivity contribution in [2.75, 3.05) is 14.1 Å². The van der Waals surface area contributed by atoms with Crippen LogP contribution in [0.1, 0.15) is 0 Å². The van der Waals surface area contributed by atoms with Gasteiger partial charge in [0.15, 0.2) is 0 Å². The van der Waals surface area contributed by atoms with Crippen LogP contribution in [0.4, 0.5) is 0 Å². The van der Waals surface area contributed by atoms with Gasteiger partial charge in [-0.2, -0.15) is 0 Å². The molecule has 0 aromatic rings. The molecule has 0 N–H and O–H groups in total. The largest absolute Gasteiger partial charge is 0.226 e. The van der Waals surface area contributed by atoms with E-state index in [0.29, 0.717) is 0 Å². The molecular weight excluding hydrogens is 109 g/mol. The SMILES string of the molecule is CN(C)Cl.Cl. The van der Waals surface area contributed by atoms with E-state index in [2.05, 4.69) is 0 Å². The van der Waals surface area contributed by atoms with Gasteiger partial charge in [-0.3, -0.25) is 0 Å². The summed E-state index contributed by atoms with van der Waals surface area (Å²) in [5.41, 5.74) is 0. The highest BCUT2D eigenvalue weighted by Gasteiger charge is 1.62. The molecule has 0 aromatic carbocycles. The normalized spacial score (nSPS) is 7.20. The Bertz CT molecular complexity index is 12.4. The molecule has 0 fully saturated rings. The monoisotopic (exact) mass is 115 g/mol. The van der Waals surface area contributed by atoms with E-state index in [1.54, 1.807) is 14.1 Å². The summed E-state index contributed by atoms with van der Waals surface area (Å²) in [5, 5.41) is 0. The summed E-state index contributed by atoms with van der Waals surface area (Å²) in [4.78, 5) is 0. The smallest absolute Gasteiger partial charge is 0.00209 e. The van der Waals surface area contributed by atoms with E-state index in [1.807, 2.05) is 0 Å². The molecule has 0 aromatic heterocycles. The van der Waals surface area contributed by atoms with Crippen molar-refractivity contribution < 1.29 is 0 Å². The summed E-state index contributed by atoms with van der Waals surface area (Å²) in [6.07, 6.45) is 0. The molecule has 0 saturated carbocycles. The Kier molecular flexibility index (Phi) is 8.27. The summed E-state index contributed by atoms with van der Waals surface area (Å²) in [6.45, 7) is 0. The topological polar surface area (TPSA) is 3.24 Å². The van der Waals surface area contributed by atoms with Gasteiger partial charge in [-0.05, 0) is 11.8 Å². The molecule has 0 atom stereocenters. The molecule has 0 heterocycles. The second kappa shape index (κ2) is 4.54. The summed E-state index contributed by atoms with van der Waals surface area (Å²) < 4.78 is 1.47. The Morgan fingerprint density at radius 2 is 1.40 bits per heavy atom. The number of hydrogen-bond donors (Lipinski definition) is 0. The second-order valence-corrected chi connectivity index (χ2v) is 1.46. The van der Waals surface area contributed by atoms with Crippen molar-refractivity contribution in [1.82, 2.24) is 4.42 Å². The van der Waals surface area contributed by atoms with E-state index in [-0.39, 0.29) is 12.4 Å². The van der Waals surface area contributed by atoms with E-state index in [4.69, 9.17) is 11.8 Å². The van der Waals surface area contributed by atoms with Gasteiger partial charge in [0.1, 0.15) is 0 Å². The van der Waals surface area contributed by atoms with E-state index in [9.17, 15) is 0 Å². The predicted molar refractivity (Wildman–Crippen MR) is 26.8 cm³/mol. The molecule has 0 unspecified atom stereocenters. The first-order valence-corrected chi connectivity index (χ1v) is 1.40. The Balaban J connectivity index is 0. The standard InChI is InChI=1S/C2H6ClN.ClH/c1-4(2)3;/h1-2H3;1H. The highest BCUT2D eigenvalue weighted by molar-refractivity contribution is 6.12. The van der Waals surface area contributed by atoms with Crippen LogP contribution in [0.2, 0.25) is 0 Å². The zero-order valence-corrected chi connectivity index (χ0v) is 4.81. The molecule has 1 nitrogen and oxygen atoms in total. The molecule has 34 valence electrons. The number of rotatable bonds is 0. The molecule has 0 spiro atoms. The van der Waals surface area contributed by atoms with Crippen LogP contribution in [0, 0.1) is 0 Å². The average Bonchev–Trinajstić information content (AvgIpc) is 0.811. The van der Waals surface area contributed by atoms with Gasteiger partial charge < -0.3 is 0 Å². The van der Waals surface area contributed by atoms with E-state index in [0.717, 1.165) is 0 Å². The lowest BCUT2D eigenvalue weighted by molar-refractivity contribution is 0.681. The van der Waals surface area contributed by atoms with Gasteiger partial charge in [-0.1, -0.05) is 0 Å². The summed E-state index contributed by atoms with van der Waals surface area (Å²) in [7, 11) is 3.53. The van der Waals surface area contributed by atoms with E-state index < -0.39 is 0 Å². The van der Waals surface area contributed by atoms with Gasteiger partial charge in [0, 0.05) is 14.1 Å². The highest BCUT2D eigenvalue weighted by Crippen LogP contribution is 1.71. The van der Waals surface area contributed by atoms with E-state index >= 15 is 0 Å². The predicted octanol–water partition coefficient (Wildman–Crippen LogP) is 1.12. The summed E-state index contributed by atoms with van der Waals surface area (Å²) in [6, 6.07) is 0. The third kappa shape index (κ3) is 100. The lowest BCUT2D eigenvalue weighted by atomic mass is 11.3. The van der Waals surface area contributed by atoms with Crippen molar-refractivity contribution in [3.05, 3.63) is 0 Å². The summed E-state index contributed by atoms with van der Waals surface area (Å²) >= 11 is 5.11.